The van der Waals surface area contributed by atoms with Crippen molar-refractivity contribution in [3.8, 4) is 0 Å². The van der Waals surface area contributed by atoms with Crippen LogP contribution in [0, 0.1) is 5.92 Å². The zero-order valence-corrected chi connectivity index (χ0v) is 7.47. The molecule has 0 saturated heterocycles. The summed E-state index contributed by atoms with van der Waals surface area (Å²) in [5.74, 6) is 0.398. The van der Waals surface area contributed by atoms with Crippen molar-refractivity contribution < 1.29 is 9.90 Å². The van der Waals surface area contributed by atoms with E-state index in [0.717, 1.165) is 6.42 Å². The first kappa shape index (κ1) is 8.21. The first-order chi connectivity index (χ1) is 4.61. The Kier molecular flexibility index (Phi) is 2.47. The van der Waals surface area contributed by atoms with E-state index in [2.05, 4.69) is 15.9 Å². The average Bonchev–Trinajstić information content (AvgIpc) is 1.82. The van der Waals surface area contributed by atoms with E-state index < -0.39 is 6.10 Å². The van der Waals surface area contributed by atoms with Gasteiger partial charge in [0.25, 0.3) is 0 Å². The SMILES string of the molecule is CC1CC(O)C(=O)C(Br)C1. The van der Waals surface area contributed by atoms with Crippen molar-refractivity contribution in [2.45, 2.75) is 30.7 Å². The highest BCUT2D eigenvalue weighted by atomic mass is 79.9. The van der Waals surface area contributed by atoms with Gasteiger partial charge >= 0.3 is 0 Å². The molecular weight excluding hydrogens is 196 g/mol. The Balaban J connectivity index is 2.57. The lowest BCUT2D eigenvalue weighted by atomic mass is 9.88. The Bertz CT molecular complexity index is 133. The molecular formula is C7H11BrO2. The number of Topliss-reactive ketones (excluding diaryl/α,β-unsaturated/α-hetero) is 1. The monoisotopic (exact) mass is 206 g/mol. The van der Waals surface area contributed by atoms with Crippen molar-refractivity contribution in [3.63, 3.8) is 0 Å². The normalized spacial score (nSPS) is 41.9. The molecule has 0 amide bonds. The molecule has 1 N–H and O–H groups in total. The fourth-order valence-electron chi connectivity index (χ4n) is 1.27. The van der Waals surface area contributed by atoms with Crippen molar-refractivity contribution >= 4 is 21.7 Å². The van der Waals surface area contributed by atoms with E-state index >= 15 is 0 Å². The molecule has 0 bridgehead atoms. The van der Waals surface area contributed by atoms with Gasteiger partial charge in [-0.2, -0.15) is 0 Å². The molecule has 0 aromatic carbocycles. The molecule has 0 spiro atoms. The Morgan fingerprint density at radius 1 is 1.60 bits per heavy atom. The zero-order valence-electron chi connectivity index (χ0n) is 5.88. The summed E-state index contributed by atoms with van der Waals surface area (Å²) in [6, 6.07) is 0. The van der Waals surface area contributed by atoms with E-state index in [0.29, 0.717) is 12.3 Å². The minimum Gasteiger partial charge on any atom is -0.385 e. The maximum absolute atomic E-state index is 11.0. The van der Waals surface area contributed by atoms with E-state index in [-0.39, 0.29) is 10.6 Å². The third-order valence-corrected chi connectivity index (χ3v) is 2.70. The molecule has 58 valence electrons. The molecule has 0 aliphatic heterocycles. The maximum atomic E-state index is 11.0. The first-order valence-electron chi connectivity index (χ1n) is 3.47. The summed E-state index contributed by atoms with van der Waals surface area (Å²) in [6.07, 6.45) is 0.754. The summed E-state index contributed by atoms with van der Waals surface area (Å²) in [4.78, 5) is 10.9. The van der Waals surface area contributed by atoms with Crippen LogP contribution in [0.25, 0.3) is 0 Å². The number of aliphatic hydroxyl groups is 1. The highest BCUT2D eigenvalue weighted by Crippen LogP contribution is 2.26. The molecule has 2 nitrogen and oxygen atoms in total. The number of carbonyl (C=O) groups excluding carboxylic acids is 1. The van der Waals surface area contributed by atoms with Gasteiger partial charge in [-0.05, 0) is 18.8 Å². The second-order valence-corrected chi connectivity index (χ2v) is 4.07. The minimum absolute atomic E-state index is 0.0573. The van der Waals surface area contributed by atoms with Gasteiger partial charge in [0, 0.05) is 0 Å². The van der Waals surface area contributed by atoms with E-state index in [1.165, 1.54) is 0 Å². The molecule has 1 saturated carbocycles. The van der Waals surface area contributed by atoms with Gasteiger partial charge in [0.2, 0.25) is 0 Å². The lowest BCUT2D eigenvalue weighted by molar-refractivity contribution is -0.129. The fraction of sp³-hybridized carbons (Fsp3) is 0.857. The molecule has 0 aromatic rings. The molecule has 1 aliphatic rings. The quantitative estimate of drug-likeness (QED) is 0.604. The number of alkyl halides is 1. The summed E-state index contributed by atoms with van der Waals surface area (Å²) in [5.41, 5.74) is 0. The third-order valence-electron chi connectivity index (χ3n) is 1.87. The minimum atomic E-state index is -0.729. The zero-order chi connectivity index (χ0) is 7.72. The van der Waals surface area contributed by atoms with Crippen LogP contribution in [-0.4, -0.2) is 21.8 Å². The van der Waals surface area contributed by atoms with Crippen LogP contribution in [-0.2, 0) is 4.79 Å². The fourth-order valence-corrected chi connectivity index (χ4v) is 2.21. The Labute approximate surface area is 68.7 Å². The molecule has 3 unspecified atom stereocenters. The van der Waals surface area contributed by atoms with Crippen LogP contribution in [0.2, 0.25) is 0 Å². The van der Waals surface area contributed by atoms with E-state index in [1.807, 2.05) is 6.92 Å². The summed E-state index contributed by atoms with van der Waals surface area (Å²) in [7, 11) is 0. The van der Waals surface area contributed by atoms with Gasteiger partial charge in [0.15, 0.2) is 5.78 Å². The molecule has 1 aliphatic carbocycles. The van der Waals surface area contributed by atoms with Crippen LogP contribution in [0.4, 0.5) is 0 Å². The molecule has 1 fully saturated rings. The van der Waals surface area contributed by atoms with Gasteiger partial charge in [-0.3, -0.25) is 4.79 Å². The largest absolute Gasteiger partial charge is 0.385 e. The van der Waals surface area contributed by atoms with Crippen LogP contribution in [0.1, 0.15) is 19.8 Å². The Morgan fingerprint density at radius 3 is 2.70 bits per heavy atom. The topological polar surface area (TPSA) is 37.3 Å². The van der Waals surface area contributed by atoms with Crippen LogP contribution < -0.4 is 0 Å². The highest BCUT2D eigenvalue weighted by molar-refractivity contribution is 9.10. The van der Waals surface area contributed by atoms with Gasteiger partial charge in [-0.25, -0.2) is 0 Å². The summed E-state index contributed by atoms with van der Waals surface area (Å²) in [6.45, 7) is 2.05. The van der Waals surface area contributed by atoms with Crippen molar-refractivity contribution in [2.24, 2.45) is 5.92 Å². The van der Waals surface area contributed by atoms with Gasteiger partial charge in [0.05, 0.1) is 4.83 Å². The number of halogens is 1. The van der Waals surface area contributed by atoms with E-state index in [9.17, 15) is 4.79 Å². The Hall–Kier alpha value is 0.110. The van der Waals surface area contributed by atoms with Crippen molar-refractivity contribution in [2.75, 3.05) is 0 Å². The molecule has 3 atom stereocenters. The van der Waals surface area contributed by atoms with Crippen molar-refractivity contribution in [3.05, 3.63) is 0 Å². The molecule has 0 radical (unpaired) electrons. The standard InChI is InChI=1S/C7H11BrO2/c1-4-2-5(8)7(10)6(9)3-4/h4-6,9H,2-3H2,1H3. The maximum Gasteiger partial charge on any atom is 0.174 e. The number of ketones is 1. The molecule has 10 heavy (non-hydrogen) atoms. The van der Waals surface area contributed by atoms with Crippen LogP contribution in [0.5, 0.6) is 0 Å². The van der Waals surface area contributed by atoms with Crippen molar-refractivity contribution in [1.82, 2.24) is 0 Å². The van der Waals surface area contributed by atoms with Crippen LogP contribution >= 0.6 is 15.9 Å². The number of carbonyl (C=O) groups is 1. The first-order valence-corrected chi connectivity index (χ1v) is 4.38. The lowest BCUT2D eigenvalue weighted by Crippen LogP contribution is -2.36. The van der Waals surface area contributed by atoms with Gasteiger partial charge < -0.3 is 5.11 Å². The second-order valence-electron chi connectivity index (χ2n) is 2.96. The van der Waals surface area contributed by atoms with Gasteiger partial charge in [-0.15, -0.1) is 0 Å². The number of rotatable bonds is 0. The van der Waals surface area contributed by atoms with Gasteiger partial charge in [0.1, 0.15) is 6.10 Å². The number of hydrogen-bond acceptors (Lipinski definition) is 2. The molecule has 0 aromatic heterocycles. The van der Waals surface area contributed by atoms with Crippen molar-refractivity contribution in [1.29, 1.82) is 0 Å². The highest BCUT2D eigenvalue weighted by Gasteiger charge is 2.31. The van der Waals surface area contributed by atoms with E-state index in [4.69, 9.17) is 5.11 Å². The smallest absolute Gasteiger partial charge is 0.174 e. The molecule has 0 heterocycles. The molecule has 3 heteroatoms. The summed E-state index contributed by atoms with van der Waals surface area (Å²) >= 11 is 3.22. The molecule has 1 rings (SSSR count). The third kappa shape index (κ3) is 1.58. The predicted molar refractivity (Wildman–Crippen MR) is 42.1 cm³/mol. The Morgan fingerprint density at radius 2 is 2.20 bits per heavy atom. The lowest BCUT2D eigenvalue weighted by Gasteiger charge is -2.25. The predicted octanol–water partition coefficient (Wildman–Crippen LogP) is 1.11. The summed E-state index contributed by atoms with van der Waals surface area (Å²) in [5, 5.41) is 9.14. The second kappa shape index (κ2) is 3.01. The van der Waals surface area contributed by atoms with E-state index in [1.54, 1.807) is 0 Å². The number of hydrogen-bond donors (Lipinski definition) is 1. The van der Waals surface area contributed by atoms with Crippen LogP contribution in [0.15, 0.2) is 0 Å². The van der Waals surface area contributed by atoms with Crippen LogP contribution in [0.3, 0.4) is 0 Å². The average molecular weight is 207 g/mol. The van der Waals surface area contributed by atoms with Gasteiger partial charge in [-0.1, -0.05) is 22.9 Å². The summed E-state index contributed by atoms with van der Waals surface area (Å²) < 4.78 is 0. The number of aliphatic hydroxyl groups excluding tert-OH is 1.